The average molecular weight is 594 g/mol. The molecule has 0 aromatic heterocycles. The van der Waals surface area contributed by atoms with E-state index in [1.165, 1.54) is 11.8 Å². The molecule has 224 valence electrons. The number of ether oxygens (including phenoxy) is 2. The quantitative estimate of drug-likeness (QED) is 0.282. The number of nitrogens with one attached hydrogen (secondary N) is 1. The molecule has 1 aliphatic rings. The molecule has 3 aromatic rings. The Morgan fingerprint density at radius 1 is 0.881 bits per heavy atom. The largest absolute Gasteiger partial charge is 0.486 e. The van der Waals surface area contributed by atoms with E-state index in [9.17, 15) is 18.0 Å². The Morgan fingerprint density at radius 3 is 2.17 bits per heavy atom. The molecule has 1 heterocycles. The van der Waals surface area contributed by atoms with Crippen LogP contribution < -0.4 is 19.1 Å². The third kappa shape index (κ3) is 8.03. The van der Waals surface area contributed by atoms with Crippen molar-refractivity contribution in [3.63, 3.8) is 0 Å². The van der Waals surface area contributed by atoms with Gasteiger partial charge in [-0.1, -0.05) is 74.0 Å². The second-order valence-corrected chi connectivity index (χ2v) is 12.3. The van der Waals surface area contributed by atoms with Crippen molar-refractivity contribution in [3.8, 4) is 11.5 Å². The smallest absolute Gasteiger partial charge is 0.244 e. The van der Waals surface area contributed by atoms with E-state index in [2.05, 4.69) is 5.32 Å². The third-order valence-electron chi connectivity index (χ3n) is 7.09. The molecular formula is C32H39N3O6S. The predicted octanol–water partition coefficient (Wildman–Crippen LogP) is 4.17. The van der Waals surface area contributed by atoms with Gasteiger partial charge in [-0.3, -0.25) is 13.9 Å². The Morgan fingerprint density at radius 2 is 1.52 bits per heavy atom. The lowest BCUT2D eigenvalue weighted by Crippen LogP contribution is -2.53. The molecule has 0 radical (unpaired) electrons. The van der Waals surface area contributed by atoms with Crippen molar-refractivity contribution in [1.82, 2.24) is 10.2 Å². The first-order valence-electron chi connectivity index (χ1n) is 14.4. The summed E-state index contributed by atoms with van der Waals surface area (Å²) in [5, 5.41) is 2.99. The minimum absolute atomic E-state index is 0.138. The van der Waals surface area contributed by atoms with Gasteiger partial charge in [-0.05, 0) is 36.6 Å². The van der Waals surface area contributed by atoms with Crippen LogP contribution in [0.15, 0.2) is 78.9 Å². The minimum Gasteiger partial charge on any atom is -0.486 e. The highest BCUT2D eigenvalue weighted by molar-refractivity contribution is 7.92. The van der Waals surface area contributed by atoms with Crippen molar-refractivity contribution in [2.24, 2.45) is 0 Å². The van der Waals surface area contributed by atoms with E-state index in [1.807, 2.05) is 67.6 Å². The predicted molar refractivity (Wildman–Crippen MR) is 163 cm³/mol. The maximum absolute atomic E-state index is 14.2. The fraction of sp³-hybridized carbons (Fsp3) is 0.375. The number of hydrogen-bond donors (Lipinski definition) is 1. The van der Waals surface area contributed by atoms with Gasteiger partial charge in [0.1, 0.15) is 25.8 Å². The molecule has 10 heteroatoms. The summed E-state index contributed by atoms with van der Waals surface area (Å²) >= 11 is 0. The number of rotatable bonds is 14. The van der Waals surface area contributed by atoms with E-state index in [-0.39, 0.29) is 24.6 Å². The van der Waals surface area contributed by atoms with Gasteiger partial charge in [0.2, 0.25) is 21.8 Å². The van der Waals surface area contributed by atoms with Gasteiger partial charge in [0, 0.05) is 25.6 Å². The summed E-state index contributed by atoms with van der Waals surface area (Å²) in [7, 11) is -3.87. The molecule has 42 heavy (non-hydrogen) atoms. The molecule has 2 amide bonds. The first-order chi connectivity index (χ1) is 20.3. The molecule has 1 aliphatic heterocycles. The van der Waals surface area contributed by atoms with Crippen molar-refractivity contribution >= 4 is 27.5 Å². The van der Waals surface area contributed by atoms with Gasteiger partial charge in [-0.2, -0.15) is 0 Å². The second-order valence-electron chi connectivity index (χ2n) is 10.1. The van der Waals surface area contributed by atoms with E-state index < -0.39 is 28.5 Å². The number of carbonyl (C=O) groups is 2. The van der Waals surface area contributed by atoms with Gasteiger partial charge in [0.15, 0.2) is 11.5 Å². The van der Waals surface area contributed by atoms with Crippen LogP contribution in [0.2, 0.25) is 0 Å². The Balaban J connectivity index is 1.71. The number of sulfonamides is 1. The summed E-state index contributed by atoms with van der Waals surface area (Å²) in [6, 6.07) is 22.9. The van der Waals surface area contributed by atoms with E-state index in [0.29, 0.717) is 36.9 Å². The summed E-state index contributed by atoms with van der Waals surface area (Å²) in [5.41, 5.74) is 2.01. The van der Waals surface area contributed by atoms with Crippen LogP contribution >= 0.6 is 0 Å². The Hall–Kier alpha value is -4.05. The van der Waals surface area contributed by atoms with Crippen LogP contribution in [-0.4, -0.2) is 63.2 Å². The lowest BCUT2D eigenvalue weighted by atomic mass is 10.0. The van der Waals surface area contributed by atoms with E-state index in [1.54, 1.807) is 18.2 Å². The van der Waals surface area contributed by atoms with E-state index in [4.69, 9.17) is 9.47 Å². The van der Waals surface area contributed by atoms with Crippen molar-refractivity contribution in [2.45, 2.75) is 45.7 Å². The molecule has 0 spiro atoms. The van der Waals surface area contributed by atoms with Gasteiger partial charge >= 0.3 is 0 Å². The molecule has 0 saturated carbocycles. The zero-order valence-corrected chi connectivity index (χ0v) is 25.0. The maximum Gasteiger partial charge on any atom is 0.244 e. The van der Waals surface area contributed by atoms with Gasteiger partial charge in [-0.25, -0.2) is 8.42 Å². The summed E-state index contributed by atoms with van der Waals surface area (Å²) in [6.07, 6.45) is 2.00. The van der Waals surface area contributed by atoms with Crippen LogP contribution in [0.3, 0.4) is 0 Å². The topological polar surface area (TPSA) is 105 Å². The average Bonchev–Trinajstić information content (AvgIpc) is 3.02. The molecule has 1 N–H and O–H groups in total. The molecule has 9 nitrogen and oxygen atoms in total. The van der Waals surface area contributed by atoms with E-state index in [0.717, 1.165) is 28.3 Å². The first-order valence-corrected chi connectivity index (χ1v) is 16.0. The number of unbranched alkanes of at least 4 members (excludes halogenated alkanes) is 1. The SMILES string of the molecule is CCCCNC(=O)[C@@H](Cc1ccccc1)N(Cc1ccccc1)C(=O)CN(c1ccc2c(c1)OCCO2)S(=O)(=O)CC. The zero-order chi connectivity index (χ0) is 30.0. The van der Waals surface area contributed by atoms with Crippen LogP contribution in [-0.2, 0) is 32.6 Å². The monoisotopic (exact) mass is 593 g/mol. The molecule has 0 aliphatic carbocycles. The number of benzene rings is 3. The lowest BCUT2D eigenvalue weighted by molar-refractivity contribution is -0.140. The number of fused-ring (bicyclic) bond motifs is 1. The maximum atomic E-state index is 14.2. The molecular weight excluding hydrogens is 554 g/mol. The number of amides is 2. The fourth-order valence-electron chi connectivity index (χ4n) is 4.75. The zero-order valence-electron chi connectivity index (χ0n) is 24.2. The summed E-state index contributed by atoms with van der Waals surface area (Å²) in [6.45, 7) is 4.47. The molecule has 4 rings (SSSR count). The molecule has 0 fully saturated rings. The summed E-state index contributed by atoms with van der Waals surface area (Å²) in [4.78, 5) is 29.4. The molecule has 3 aromatic carbocycles. The Labute approximate surface area is 248 Å². The number of carbonyl (C=O) groups excluding carboxylic acids is 2. The van der Waals surface area contributed by atoms with Crippen LogP contribution in [0, 0.1) is 0 Å². The lowest BCUT2D eigenvalue weighted by Gasteiger charge is -2.34. The second kappa shape index (κ2) is 14.7. The molecule has 0 bridgehead atoms. The third-order valence-corrected chi connectivity index (χ3v) is 8.83. The summed E-state index contributed by atoms with van der Waals surface area (Å²) in [5.74, 6) is -0.0418. The Kier molecular flexibility index (Phi) is 10.8. The van der Waals surface area contributed by atoms with Gasteiger partial charge in [0.05, 0.1) is 11.4 Å². The van der Waals surface area contributed by atoms with Crippen molar-refractivity contribution < 1.29 is 27.5 Å². The van der Waals surface area contributed by atoms with Crippen LogP contribution in [0.1, 0.15) is 37.8 Å². The number of hydrogen-bond acceptors (Lipinski definition) is 6. The fourth-order valence-corrected chi connectivity index (χ4v) is 5.80. The first kappa shape index (κ1) is 30.9. The van der Waals surface area contributed by atoms with Gasteiger partial charge in [-0.15, -0.1) is 0 Å². The van der Waals surface area contributed by atoms with E-state index >= 15 is 0 Å². The highest BCUT2D eigenvalue weighted by Crippen LogP contribution is 2.35. The van der Waals surface area contributed by atoms with Crippen LogP contribution in [0.4, 0.5) is 5.69 Å². The summed E-state index contributed by atoms with van der Waals surface area (Å²) < 4.78 is 39.1. The number of nitrogens with zero attached hydrogens (tertiary/aromatic N) is 2. The highest BCUT2D eigenvalue weighted by atomic mass is 32.2. The normalized spacial score (nSPS) is 13.2. The van der Waals surface area contributed by atoms with Crippen molar-refractivity contribution in [1.29, 1.82) is 0 Å². The Bertz CT molecular complexity index is 1430. The number of anilines is 1. The van der Waals surface area contributed by atoms with Gasteiger partial charge < -0.3 is 19.7 Å². The minimum atomic E-state index is -3.87. The van der Waals surface area contributed by atoms with Crippen molar-refractivity contribution in [2.75, 3.05) is 36.4 Å². The van der Waals surface area contributed by atoms with Crippen molar-refractivity contribution in [3.05, 3.63) is 90.0 Å². The van der Waals surface area contributed by atoms with Crippen LogP contribution in [0.25, 0.3) is 0 Å². The molecule has 0 unspecified atom stereocenters. The van der Waals surface area contributed by atoms with Gasteiger partial charge in [0.25, 0.3) is 0 Å². The van der Waals surface area contributed by atoms with Crippen LogP contribution in [0.5, 0.6) is 11.5 Å². The highest BCUT2D eigenvalue weighted by Gasteiger charge is 2.34. The molecule has 0 saturated heterocycles. The standard InChI is InChI=1S/C32H39N3O6S/c1-3-5-18-33-32(37)28(21-25-12-8-6-9-13-25)34(23-26-14-10-7-11-15-26)31(36)24-35(42(38,39)4-2)27-16-17-29-30(22-27)41-20-19-40-29/h6-17,22,28H,3-5,18-21,23-24H2,1-2H3,(H,33,37)/t28-/m1/s1. The molecule has 1 atom stereocenters.